The van der Waals surface area contributed by atoms with Crippen molar-refractivity contribution >= 4 is 17.6 Å². The van der Waals surface area contributed by atoms with E-state index in [0.717, 1.165) is 23.1 Å². The molecular formula is C26H30N2O4. The van der Waals surface area contributed by atoms with Gasteiger partial charge in [-0.15, -0.1) is 0 Å². The third kappa shape index (κ3) is 4.91. The highest BCUT2D eigenvalue weighted by molar-refractivity contribution is 5.95. The summed E-state index contributed by atoms with van der Waals surface area (Å²) in [7, 11) is 0. The van der Waals surface area contributed by atoms with Crippen LogP contribution in [-0.4, -0.2) is 64.3 Å². The van der Waals surface area contributed by atoms with Crippen LogP contribution in [0.2, 0.25) is 0 Å². The largest absolute Gasteiger partial charge is 0.380 e. The summed E-state index contributed by atoms with van der Waals surface area (Å²) >= 11 is 0. The van der Waals surface area contributed by atoms with Crippen LogP contribution >= 0.6 is 0 Å². The first-order valence-corrected chi connectivity index (χ1v) is 11.4. The first-order valence-electron chi connectivity index (χ1n) is 11.4. The molecule has 1 saturated heterocycles. The second-order valence-corrected chi connectivity index (χ2v) is 8.86. The van der Waals surface area contributed by atoms with Gasteiger partial charge in [0, 0.05) is 44.6 Å². The number of aliphatic hydroxyl groups is 1. The van der Waals surface area contributed by atoms with Crippen LogP contribution in [0.3, 0.4) is 0 Å². The van der Waals surface area contributed by atoms with E-state index < -0.39 is 5.60 Å². The molecule has 0 spiro atoms. The van der Waals surface area contributed by atoms with Crippen LogP contribution in [0.4, 0.5) is 0 Å². The first-order chi connectivity index (χ1) is 15.4. The maximum Gasteiger partial charge on any atom is 0.254 e. The molecule has 0 unspecified atom stereocenters. The van der Waals surface area contributed by atoms with E-state index in [-0.39, 0.29) is 17.6 Å². The molecule has 1 N–H and O–H groups in total. The van der Waals surface area contributed by atoms with Gasteiger partial charge >= 0.3 is 0 Å². The minimum Gasteiger partial charge on any atom is -0.380 e. The van der Waals surface area contributed by atoms with Gasteiger partial charge in [-0.3, -0.25) is 14.4 Å². The lowest BCUT2D eigenvalue weighted by molar-refractivity contribution is -0.143. The van der Waals surface area contributed by atoms with Crippen LogP contribution in [0.15, 0.2) is 48.5 Å². The molecule has 0 atom stereocenters. The molecule has 2 fully saturated rings. The summed E-state index contributed by atoms with van der Waals surface area (Å²) in [6.07, 6.45) is 2.99. The van der Waals surface area contributed by atoms with Crippen molar-refractivity contribution in [2.75, 3.05) is 26.2 Å². The van der Waals surface area contributed by atoms with E-state index in [9.17, 15) is 19.5 Å². The van der Waals surface area contributed by atoms with E-state index in [4.69, 9.17) is 0 Å². The van der Waals surface area contributed by atoms with Crippen molar-refractivity contribution in [3.63, 3.8) is 0 Å². The zero-order valence-electron chi connectivity index (χ0n) is 18.5. The van der Waals surface area contributed by atoms with Crippen molar-refractivity contribution in [2.24, 2.45) is 0 Å². The van der Waals surface area contributed by atoms with Crippen LogP contribution in [0.1, 0.15) is 48.5 Å². The molecule has 6 nitrogen and oxygen atoms in total. The highest BCUT2D eigenvalue weighted by Crippen LogP contribution is 2.37. The number of nitrogens with zero attached hydrogens (tertiary/aromatic N) is 2. The van der Waals surface area contributed by atoms with Gasteiger partial charge in [-0.25, -0.2) is 0 Å². The Balaban J connectivity index is 1.37. The van der Waals surface area contributed by atoms with E-state index in [1.165, 1.54) is 0 Å². The Morgan fingerprint density at radius 1 is 0.906 bits per heavy atom. The number of piperazine rings is 1. The van der Waals surface area contributed by atoms with Crippen molar-refractivity contribution in [2.45, 2.75) is 44.6 Å². The lowest BCUT2D eigenvalue weighted by atomic mass is 9.98. The molecule has 168 valence electrons. The summed E-state index contributed by atoms with van der Waals surface area (Å²) in [6.45, 7) is 3.85. The van der Waals surface area contributed by atoms with Crippen LogP contribution in [0.5, 0.6) is 0 Å². The number of Topliss-reactive ketones (excluding diaryl/α,β-unsaturated/α-hetero) is 1. The van der Waals surface area contributed by atoms with Crippen LogP contribution in [0, 0.1) is 0 Å². The van der Waals surface area contributed by atoms with Crippen molar-refractivity contribution in [1.29, 1.82) is 0 Å². The quantitative estimate of drug-likeness (QED) is 0.727. The molecule has 1 aliphatic carbocycles. The van der Waals surface area contributed by atoms with E-state index in [1.807, 2.05) is 55.5 Å². The molecule has 1 heterocycles. The minimum absolute atomic E-state index is 0.0484. The van der Waals surface area contributed by atoms with Crippen molar-refractivity contribution in [3.05, 3.63) is 59.7 Å². The van der Waals surface area contributed by atoms with Crippen LogP contribution in [-0.2, 0) is 16.0 Å². The smallest absolute Gasteiger partial charge is 0.254 e. The zero-order chi connectivity index (χ0) is 22.7. The minimum atomic E-state index is -1.15. The molecule has 2 aliphatic rings. The Hall–Kier alpha value is -2.99. The van der Waals surface area contributed by atoms with Gasteiger partial charge in [-0.2, -0.15) is 0 Å². The molecular weight excluding hydrogens is 404 g/mol. The summed E-state index contributed by atoms with van der Waals surface area (Å²) in [6, 6.07) is 15.5. The van der Waals surface area contributed by atoms with Gasteiger partial charge < -0.3 is 14.9 Å². The molecule has 6 heteroatoms. The highest BCUT2D eigenvalue weighted by atomic mass is 16.3. The zero-order valence-corrected chi connectivity index (χ0v) is 18.5. The number of hydrogen-bond donors (Lipinski definition) is 1. The number of amides is 2. The van der Waals surface area contributed by atoms with Crippen molar-refractivity contribution in [1.82, 2.24) is 9.80 Å². The molecule has 0 radical (unpaired) electrons. The maximum atomic E-state index is 12.9. The van der Waals surface area contributed by atoms with Crippen LogP contribution < -0.4 is 0 Å². The second-order valence-electron chi connectivity index (χ2n) is 8.86. The molecule has 0 aromatic heterocycles. The van der Waals surface area contributed by atoms with Gasteiger partial charge in [0.05, 0.1) is 0 Å². The number of rotatable bonds is 7. The lowest BCUT2D eigenvalue weighted by Gasteiger charge is -2.35. The summed E-state index contributed by atoms with van der Waals surface area (Å²) in [4.78, 5) is 40.6. The number of carbonyl (C=O) groups is 3. The van der Waals surface area contributed by atoms with Gasteiger partial charge in [-0.05, 0) is 48.1 Å². The Kier molecular flexibility index (Phi) is 6.42. The fourth-order valence-electron chi connectivity index (χ4n) is 4.18. The molecule has 32 heavy (non-hydrogen) atoms. The molecule has 0 bridgehead atoms. The summed E-state index contributed by atoms with van der Waals surface area (Å²) in [5.41, 5.74) is 2.49. The van der Waals surface area contributed by atoms with Gasteiger partial charge in [0.1, 0.15) is 11.4 Å². The van der Waals surface area contributed by atoms with E-state index in [1.54, 1.807) is 9.80 Å². The van der Waals surface area contributed by atoms with Gasteiger partial charge in [0.15, 0.2) is 0 Å². The van der Waals surface area contributed by atoms with E-state index in [0.29, 0.717) is 57.4 Å². The molecule has 4 rings (SSSR count). The fraction of sp³-hybridized carbons (Fsp3) is 0.423. The lowest BCUT2D eigenvalue weighted by Crippen LogP contribution is -2.53. The molecule has 1 saturated carbocycles. The monoisotopic (exact) mass is 434 g/mol. The predicted octanol–water partition coefficient (Wildman–Crippen LogP) is 3.07. The number of ketones is 1. The van der Waals surface area contributed by atoms with E-state index >= 15 is 0 Å². The third-order valence-corrected chi connectivity index (χ3v) is 6.30. The molecule has 2 aromatic rings. The summed E-state index contributed by atoms with van der Waals surface area (Å²) in [5.74, 6) is -0.000970. The third-order valence-electron chi connectivity index (χ3n) is 6.30. The van der Waals surface area contributed by atoms with Crippen molar-refractivity contribution < 1.29 is 19.5 Å². The average molecular weight is 435 g/mol. The summed E-state index contributed by atoms with van der Waals surface area (Å²) in [5, 5.41) is 10.0. The summed E-state index contributed by atoms with van der Waals surface area (Å²) < 4.78 is 0. The Bertz CT molecular complexity index is 1000. The van der Waals surface area contributed by atoms with E-state index in [2.05, 4.69) is 0 Å². The molecule has 2 aromatic carbocycles. The topological polar surface area (TPSA) is 77.9 Å². The average Bonchev–Trinajstić information content (AvgIpc) is 3.57. The first kappa shape index (κ1) is 22.2. The van der Waals surface area contributed by atoms with Crippen LogP contribution in [0.25, 0.3) is 11.1 Å². The maximum absolute atomic E-state index is 12.9. The normalized spacial score (nSPS) is 17.2. The Morgan fingerprint density at radius 2 is 1.56 bits per heavy atom. The van der Waals surface area contributed by atoms with Gasteiger partial charge in [0.2, 0.25) is 0 Å². The Morgan fingerprint density at radius 3 is 2.19 bits per heavy atom. The highest BCUT2D eigenvalue weighted by Gasteiger charge is 2.50. The van der Waals surface area contributed by atoms with Crippen molar-refractivity contribution in [3.8, 4) is 11.1 Å². The molecule has 2 amide bonds. The number of benzene rings is 2. The molecule has 1 aliphatic heterocycles. The number of carbonyl (C=O) groups excluding carboxylic acids is 3. The second kappa shape index (κ2) is 9.25. The standard InChI is InChI=1S/C26H30N2O4/c1-2-4-23(29)18-19-5-3-6-22(17-19)20-7-9-21(10-8-20)24(30)27-13-15-28(16-14-27)25(31)26(32)11-12-26/h3,5-10,17,32H,2,4,11-16,18H2,1H3. The Labute approximate surface area is 188 Å². The predicted molar refractivity (Wildman–Crippen MR) is 122 cm³/mol. The van der Waals surface area contributed by atoms with Gasteiger partial charge in [-0.1, -0.05) is 43.3 Å². The SMILES string of the molecule is CCCC(=O)Cc1cccc(-c2ccc(C(=O)N3CCN(C(=O)C4(O)CC4)CC3)cc2)c1. The number of hydrogen-bond acceptors (Lipinski definition) is 4. The van der Waals surface area contributed by atoms with Gasteiger partial charge in [0.25, 0.3) is 11.8 Å². The fourth-order valence-corrected chi connectivity index (χ4v) is 4.18.